The molecule has 0 aliphatic heterocycles. The smallest absolute Gasteiger partial charge is 0.315 e. The Morgan fingerprint density at radius 1 is 0.958 bits per heavy atom. The number of rotatable bonds is 6. The highest BCUT2D eigenvalue weighted by Gasteiger charge is 2.18. The van der Waals surface area contributed by atoms with Crippen molar-refractivity contribution in [1.82, 2.24) is 0 Å². The van der Waals surface area contributed by atoms with Crippen LogP contribution in [-0.4, -0.2) is 27.3 Å². The van der Waals surface area contributed by atoms with Crippen molar-refractivity contribution in [3.63, 3.8) is 0 Å². The maximum atomic E-state index is 12.1. The lowest BCUT2D eigenvalue weighted by Gasteiger charge is -2.15. The third-order valence-corrected chi connectivity index (χ3v) is 3.34. The number of hydrogen-bond donors (Lipinski definition) is 0. The number of nitrogens with zero attached hydrogens (tertiary/aromatic N) is 1. The fraction of sp³-hybridized carbons (Fsp3) is 0.222. The van der Waals surface area contributed by atoms with Gasteiger partial charge in [-0.2, -0.15) is 5.26 Å². The molecule has 6 heteroatoms. The van der Waals surface area contributed by atoms with Gasteiger partial charge in [-0.3, -0.25) is 4.79 Å². The van der Waals surface area contributed by atoms with Crippen molar-refractivity contribution in [2.45, 2.75) is 6.42 Å². The quantitative estimate of drug-likeness (QED) is 0.600. The summed E-state index contributed by atoms with van der Waals surface area (Å²) in [6.45, 7) is 0. The van der Waals surface area contributed by atoms with Crippen LogP contribution < -0.4 is 18.9 Å². The molecule has 0 unspecified atom stereocenters. The van der Waals surface area contributed by atoms with Crippen LogP contribution in [-0.2, 0) is 11.2 Å². The average Bonchev–Trinajstić information content (AvgIpc) is 2.61. The standard InChI is InChI=1S/C18H17NO5/c1-21-15-9-6-13(17(22-2)18(15)23-3)10-16(20)24-14-7-4-12(11-19)5-8-14/h4-9H,10H2,1-3H3. The zero-order valence-electron chi connectivity index (χ0n) is 13.7. The molecule has 0 aliphatic carbocycles. The Bertz CT molecular complexity index is 762. The number of carbonyl (C=O) groups excluding carboxylic acids is 1. The summed E-state index contributed by atoms with van der Waals surface area (Å²) in [7, 11) is 4.52. The molecular formula is C18H17NO5. The molecular weight excluding hydrogens is 310 g/mol. The highest BCUT2D eigenvalue weighted by molar-refractivity contribution is 5.77. The molecule has 124 valence electrons. The lowest BCUT2D eigenvalue weighted by Crippen LogP contribution is -2.12. The van der Waals surface area contributed by atoms with E-state index in [1.807, 2.05) is 6.07 Å². The fourth-order valence-corrected chi connectivity index (χ4v) is 2.22. The van der Waals surface area contributed by atoms with Crippen LogP contribution in [0.15, 0.2) is 36.4 Å². The number of esters is 1. The number of hydrogen-bond acceptors (Lipinski definition) is 6. The van der Waals surface area contributed by atoms with Crippen LogP contribution in [0.2, 0.25) is 0 Å². The minimum atomic E-state index is -0.453. The maximum Gasteiger partial charge on any atom is 0.315 e. The van der Waals surface area contributed by atoms with Crippen molar-refractivity contribution in [2.24, 2.45) is 0 Å². The number of ether oxygens (including phenoxy) is 4. The van der Waals surface area contributed by atoms with E-state index in [1.54, 1.807) is 36.4 Å². The normalized spacial score (nSPS) is 9.75. The van der Waals surface area contributed by atoms with E-state index < -0.39 is 5.97 Å². The van der Waals surface area contributed by atoms with Gasteiger partial charge in [0.15, 0.2) is 11.5 Å². The monoisotopic (exact) mass is 327 g/mol. The van der Waals surface area contributed by atoms with Crippen molar-refractivity contribution in [3.05, 3.63) is 47.5 Å². The predicted octanol–water partition coefficient (Wildman–Crippen LogP) is 2.73. The lowest BCUT2D eigenvalue weighted by atomic mass is 10.1. The first kappa shape index (κ1) is 17.2. The molecule has 0 N–H and O–H groups in total. The summed E-state index contributed by atoms with van der Waals surface area (Å²) < 4.78 is 21.1. The predicted molar refractivity (Wildman–Crippen MR) is 86.6 cm³/mol. The van der Waals surface area contributed by atoms with E-state index in [9.17, 15) is 4.79 Å². The van der Waals surface area contributed by atoms with Gasteiger partial charge in [0.1, 0.15) is 5.75 Å². The average molecular weight is 327 g/mol. The molecule has 24 heavy (non-hydrogen) atoms. The van der Waals surface area contributed by atoms with Crippen molar-refractivity contribution in [2.75, 3.05) is 21.3 Å². The van der Waals surface area contributed by atoms with Gasteiger partial charge in [0.2, 0.25) is 5.75 Å². The second-order valence-corrected chi connectivity index (χ2v) is 4.78. The maximum absolute atomic E-state index is 12.1. The third kappa shape index (κ3) is 3.76. The molecule has 0 atom stereocenters. The van der Waals surface area contributed by atoms with Crippen molar-refractivity contribution in [3.8, 4) is 29.1 Å². The van der Waals surface area contributed by atoms with Gasteiger partial charge in [0.05, 0.1) is 39.4 Å². The molecule has 2 aromatic carbocycles. The summed E-state index contributed by atoms with van der Waals surface area (Å²) in [5, 5.41) is 8.76. The SMILES string of the molecule is COc1ccc(CC(=O)Oc2ccc(C#N)cc2)c(OC)c1OC. The van der Waals surface area contributed by atoms with Crippen LogP contribution in [0.5, 0.6) is 23.0 Å². The van der Waals surface area contributed by atoms with Gasteiger partial charge in [-0.15, -0.1) is 0 Å². The highest BCUT2D eigenvalue weighted by Crippen LogP contribution is 2.39. The molecule has 0 aliphatic rings. The molecule has 0 fully saturated rings. The first-order valence-corrected chi connectivity index (χ1v) is 7.11. The number of nitriles is 1. The summed E-state index contributed by atoms with van der Waals surface area (Å²) in [6.07, 6.45) is 0.00350. The largest absolute Gasteiger partial charge is 0.493 e. The fourth-order valence-electron chi connectivity index (χ4n) is 2.22. The third-order valence-electron chi connectivity index (χ3n) is 3.34. The molecule has 0 saturated heterocycles. The van der Waals surface area contributed by atoms with Crippen molar-refractivity contribution >= 4 is 5.97 Å². The molecule has 0 radical (unpaired) electrons. The minimum absolute atomic E-state index is 0.00350. The Balaban J connectivity index is 2.17. The van der Waals surface area contributed by atoms with E-state index in [-0.39, 0.29) is 6.42 Å². The van der Waals surface area contributed by atoms with Gasteiger partial charge in [0.25, 0.3) is 0 Å². The topological polar surface area (TPSA) is 77.8 Å². The summed E-state index contributed by atoms with van der Waals surface area (Å²) in [5.41, 5.74) is 1.12. The van der Waals surface area contributed by atoms with Gasteiger partial charge in [0, 0.05) is 5.56 Å². The molecule has 0 bridgehead atoms. The van der Waals surface area contributed by atoms with Crippen LogP contribution in [0.3, 0.4) is 0 Å². The summed E-state index contributed by atoms with van der Waals surface area (Å²) in [4.78, 5) is 12.1. The Morgan fingerprint density at radius 2 is 1.62 bits per heavy atom. The van der Waals surface area contributed by atoms with Crippen molar-refractivity contribution in [1.29, 1.82) is 5.26 Å². The van der Waals surface area contributed by atoms with Gasteiger partial charge >= 0.3 is 5.97 Å². The molecule has 6 nitrogen and oxygen atoms in total. The Kier molecular flexibility index (Phi) is 5.63. The van der Waals surface area contributed by atoms with Crippen LogP contribution in [0.25, 0.3) is 0 Å². The minimum Gasteiger partial charge on any atom is -0.493 e. The van der Waals surface area contributed by atoms with Crippen LogP contribution >= 0.6 is 0 Å². The molecule has 0 heterocycles. The molecule has 0 spiro atoms. The Labute approximate surface area is 140 Å². The summed E-state index contributed by atoms with van der Waals surface area (Å²) >= 11 is 0. The molecule has 0 saturated carbocycles. The zero-order chi connectivity index (χ0) is 17.5. The first-order valence-electron chi connectivity index (χ1n) is 7.11. The Morgan fingerprint density at radius 3 is 2.17 bits per heavy atom. The van der Waals surface area contributed by atoms with E-state index in [2.05, 4.69) is 0 Å². The Hall–Kier alpha value is -3.20. The zero-order valence-corrected chi connectivity index (χ0v) is 13.7. The van der Waals surface area contributed by atoms with Crippen LogP contribution in [0.1, 0.15) is 11.1 Å². The van der Waals surface area contributed by atoms with E-state index in [4.69, 9.17) is 24.2 Å². The van der Waals surface area contributed by atoms with E-state index in [0.29, 0.717) is 34.1 Å². The number of carbonyl (C=O) groups is 1. The van der Waals surface area contributed by atoms with Crippen LogP contribution in [0, 0.1) is 11.3 Å². The summed E-state index contributed by atoms with van der Waals surface area (Å²) in [5.74, 6) is 1.28. The van der Waals surface area contributed by atoms with Gasteiger partial charge in [-0.05, 0) is 30.3 Å². The first-order chi connectivity index (χ1) is 11.6. The van der Waals surface area contributed by atoms with Crippen molar-refractivity contribution < 1.29 is 23.7 Å². The van der Waals surface area contributed by atoms with Gasteiger partial charge < -0.3 is 18.9 Å². The van der Waals surface area contributed by atoms with E-state index in [1.165, 1.54) is 21.3 Å². The summed E-state index contributed by atoms with van der Waals surface area (Å²) in [6, 6.07) is 11.7. The highest BCUT2D eigenvalue weighted by atomic mass is 16.5. The van der Waals surface area contributed by atoms with Gasteiger partial charge in [-0.1, -0.05) is 6.07 Å². The van der Waals surface area contributed by atoms with E-state index >= 15 is 0 Å². The number of benzene rings is 2. The molecule has 0 aromatic heterocycles. The molecule has 0 amide bonds. The lowest BCUT2D eigenvalue weighted by molar-refractivity contribution is -0.133. The van der Waals surface area contributed by atoms with E-state index in [0.717, 1.165) is 0 Å². The number of methoxy groups -OCH3 is 3. The second kappa shape index (κ2) is 7.88. The second-order valence-electron chi connectivity index (χ2n) is 4.78. The van der Waals surface area contributed by atoms with Crippen LogP contribution in [0.4, 0.5) is 0 Å². The molecule has 2 rings (SSSR count). The van der Waals surface area contributed by atoms with Gasteiger partial charge in [-0.25, -0.2) is 0 Å². The molecule has 2 aromatic rings.